The SMILES string of the molecule is Cn1ccnc1-c1cncc(Br)c1. The summed E-state index contributed by atoms with van der Waals surface area (Å²) in [5, 5.41) is 0. The van der Waals surface area contributed by atoms with Gasteiger partial charge in [0.25, 0.3) is 0 Å². The molecule has 4 heteroatoms. The molecule has 0 aromatic carbocycles. The summed E-state index contributed by atoms with van der Waals surface area (Å²) >= 11 is 3.37. The van der Waals surface area contributed by atoms with Crippen molar-refractivity contribution in [3.05, 3.63) is 35.3 Å². The molecule has 2 aromatic rings. The van der Waals surface area contributed by atoms with Crippen LogP contribution in [0.4, 0.5) is 0 Å². The minimum atomic E-state index is 0.925. The van der Waals surface area contributed by atoms with Gasteiger partial charge in [-0.2, -0.15) is 0 Å². The van der Waals surface area contributed by atoms with E-state index in [0.717, 1.165) is 15.9 Å². The monoisotopic (exact) mass is 237 g/mol. The van der Waals surface area contributed by atoms with Crippen molar-refractivity contribution in [3.8, 4) is 11.4 Å². The Labute approximate surface area is 84.6 Å². The largest absolute Gasteiger partial charge is 0.334 e. The molecule has 0 amide bonds. The molecule has 0 saturated carbocycles. The molecule has 66 valence electrons. The zero-order chi connectivity index (χ0) is 9.26. The number of hydrogen-bond acceptors (Lipinski definition) is 2. The summed E-state index contributed by atoms with van der Waals surface area (Å²) in [7, 11) is 1.96. The number of hydrogen-bond donors (Lipinski definition) is 0. The van der Waals surface area contributed by atoms with E-state index in [4.69, 9.17) is 0 Å². The first-order chi connectivity index (χ1) is 6.27. The Bertz CT molecular complexity index is 422. The fraction of sp³-hybridized carbons (Fsp3) is 0.111. The highest BCUT2D eigenvalue weighted by atomic mass is 79.9. The number of nitrogens with zero attached hydrogens (tertiary/aromatic N) is 3. The molecule has 2 rings (SSSR count). The highest BCUT2D eigenvalue weighted by molar-refractivity contribution is 9.10. The minimum absolute atomic E-state index is 0.925. The van der Waals surface area contributed by atoms with Crippen LogP contribution in [0.1, 0.15) is 0 Å². The van der Waals surface area contributed by atoms with Gasteiger partial charge < -0.3 is 4.57 Å². The lowest BCUT2D eigenvalue weighted by atomic mass is 10.3. The quantitative estimate of drug-likeness (QED) is 0.762. The van der Waals surface area contributed by atoms with E-state index in [9.17, 15) is 0 Å². The first-order valence-electron chi connectivity index (χ1n) is 3.85. The fourth-order valence-corrected chi connectivity index (χ4v) is 1.54. The third-order valence-corrected chi connectivity index (χ3v) is 2.22. The zero-order valence-corrected chi connectivity index (χ0v) is 8.69. The van der Waals surface area contributed by atoms with Gasteiger partial charge in [0.2, 0.25) is 0 Å². The average molecular weight is 238 g/mol. The van der Waals surface area contributed by atoms with Crippen molar-refractivity contribution >= 4 is 15.9 Å². The molecule has 0 fully saturated rings. The molecule has 0 N–H and O–H groups in total. The van der Waals surface area contributed by atoms with E-state index in [2.05, 4.69) is 25.9 Å². The standard InChI is InChI=1S/C9H8BrN3/c1-13-3-2-12-9(13)7-4-8(10)6-11-5-7/h2-6H,1H3. The maximum absolute atomic E-state index is 4.23. The van der Waals surface area contributed by atoms with Gasteiger partial charge in [0.15, 0.2) is 0 Å². The minimum Gasteiger partial charge on any atom is -0.334 e. The number of pyridine rings is 1. The van der Waals surface area contributed by atoms with Crippen LogP contribution in [0.2, 0.25) is 0 Å². The van der Waals surface area contributed by atoms with E-state index >= 15 is 0 Å². The molecule has 13 heavy (non-hydrogen) atoms. The average Bonchev–Trinajstić information content (AvgIpc) is 2.51. The molecule has 0 radical (unpaired) electrons. The molecule has 0 aliphatic heterocycles. The van der Waals surface area contributed by atoms with Crippen LogP contribution in [0.5, 0.6) is 0 Å². The summed E-state index contributed by atoms with van der Waals surface area (Å²) in [5.74, 6) is 0.925. The smallest absolute Gasteiger partial charge is 0.141 e. The maximum Gasteiger partial charge on any atom is 0.141 e. The Hall–Kier alpha value is -1.16. The summed E-state index contributed by atoms with van der Waals surface area (Å²) in [6.07, 6.45) is 7.24. The van der Waals surface area contributed by atoms with Crippen LogP contribution in [0, 0.1) is 0 Å². The Balaban J connectivity index is 2.53. The second kappa shape index (κ2) is 3.30. The second-order valence-electron chi connectivity index (χ2n) is 2.75. The highest BCUT2D eigenvalue weighted by Crippen LogP contribution is 2.18. The van der Waals surface area contributed by atoms with E-state index < -0.39 is 0 Å². The van der Waals surface area contributed by atoms with Crippen LogP contribution in [-0.4, -0.2) is 14.5 Å². The Morgan fingerprint density at radius 2 is 2.23 bits per heavy atom. The number of aromatic nitrogens is 3. The van der Waals surface area contributed by atoms with Crippen molar-refractivity contribution in [1.29, 1.82) is 0 Å². The van der Waals surface area contributed by atoms with E-state index in [0.29, 0.717) is 0 Å². The van der Waals surface area contributed by atoms with Crippen LogP contribution >= 0.6 is 15.9 Å². The molecule has 0 aliphatic carbocycles. The molecular formula is C9H8BrN3. The number of aryl methyl sites for hydroxylation is 1. The lowest BCUT2D eigenvalue weighted by molar-refractivity contribution is 0.923. The first-order valence-corrected chi connectivity index (χ1v) is 4.65. The second-order valence-corrected chi connectivity index (χ2v) is 3.67. The Kier molecular flexibility index (Phi) is 2.14. The number of imidazole rings is 1. The van der Waals surface area contributed by atoms with Gasteiger partial charge in [0.1, 0.15) is 5.82 Å². The molecule has 0 unspecified atom stereocenters. The maximum atomic E-state index is 4.23. The Morgan fingerprint density at radius 1 is 1.38 bits per heavy atom. The molecule has 2 aromatic heterocycles. The molecule has 0 spiro atoms. The van der Waals surface area contributed by atoms with Gasteiger partial charge in [-0.3, -0.25) is 4.98 Å². The van der Waals surface area contributed by atoms with Crippen LogP contribution < -0.4 is 0 Å². The summed E-state index contributed by atoms with van der Waals surface area (Å²) in [5.41, 5.74) is 1.02. The van der Waals surface area contributed by atoms with Crippen LogP contribution in [0.15, 0.2) is 35.3 Å². The van der Waals surface area contributed by atoms with E-state index in [1.807, 2.05) is 23.9 Å². The molecule has 0 saturated heterocycles. The Morgan fingerprint density at radius 3 is 2.85 bits per heavy atom. The third-order valence-electron chi connectivity index (χ3n) is 1.78. The van der Waals surface area contributed by atoms with Gasteiger partial charge in [-0.25, -0.2) is 4.98 Å². The van der Waals surface area contributed by atoms with E-state index in [-0.39, 0.29) is 0 Å². The normalized spacial score (nSPS) is 10.3. The number of rotatable bonds is 1. The van der Waals surface area contributed by atoms with E-state index in [1.165, 1.54) is 0 Å². The zero-order valence-electron chi connectivity index (χ0n) is 7.11. The van der Waals surface area contributed by atoms with Crippen molar-refractivity contribution < 1.29 is 0 Å². The summed E-state index contributed by atoms with van der Waals surface area (Å²) in [6, 6.07) is 2.00. The molecule has 0 aliphatic rings. The van der Waals surface area contributed by atoms with E-state index in [1.54, 1.807) is 18.6 Å². The van der Waals surface area contributed by atoms with Crippen LogP contribution in [-0.2, 0) is 7.05 Å². The van der Waals surface area contributed by atoms with Gasteiger partial charge in [-0.15, -0.1) is 0 Å². The van der Waals surface area contributed by atoms with Crippen LogP contribution in [0.3, 0.4) is 0 Å². The van der Waals surface area contributed by atoms with Gasteiger partial charge in [-0.1, -0.05) is 0 Å². The topological polar surface area (TPSA) is 30.7 Å². The fourth-order valence-electron chi connectivity index (χ4n) is 1.18. The van der Waals surface area contributed by atoms with Gasteiger partial charge in [0.05, 0.1) is 0 Å². The van der Waals surface area contributed by atoms with Crippen molar-refractivity contribution in [2.45, 2.75) is 0 Å². The van der Waals surface area contributed by atoms with Gasteiger partial charge >= 0.3 is 0 Å². The lowest BCUT2D eigenvalue weighted by Crippen LogP contribution is -1.91. The summed E-state index contributed by atoms with van der Waals surface area (Å²) in [6.45, 7) is 0. The lowest BCUT2D eigenvalue weighted by Gasteiger charge is -2.00. The van der Waals surface area contributed by atoms with Crippen molar-refractivity contribution in [3.63, 3.8) is 0 Å². The molecule has 0 bridgehead atoms. The summed E-state index contributed by atoms with van der Waals surface area (Å²) < 4.78 is 2.93. The molecule has 3 nitrogen and oxygen atoms in total. The predicted molar refractivity (Wildman–Crippen MR) is 54.1 cm³/mol. The van der Waals surface area contributed by atoms with Gasteiger partial charge in [0, 0.05) is 41.9 Å². The summed E-state index contributed by atoms with van der Waals surface area (Å²) in [4.78, 5) is 8.31. The van der Waals surface area contributed by atoms with Gasteiger partial charge in [-0.05, 0) is 22.0 Å². The third kappa shape index (κ3) is 1.62. The first kappa shape index (κ1) is 8.44. The van der Waals surface area contributed by atoms with Crippen molar-refractivity contribution in [2.24, 2.45) is 7.05 Å². The number of halogens is 1. The molecule has 0 atom stereocenters. The molecule has 2 heterocycles. The highest BCUT2D eigenvalue weighted by Gasteiger charge is 2.02. The van der Waals surface area contributed by atoms with Crippen molar-refractivity contribution in [1.82, 2.24) is 14.5 Å². The van der Waals surface area contributed by atoms with Crippen LogP contribution in [0.25, 0.3) is 11.4 Å². The van der Waals surface area contributed by atoms with Crippen molar-refractivity contribution in [2.75, 3.05) is 0 Å². The predicted octanol–water partition coefficient (Wildman–Crippen LogP) is 2.24. The molecular weight excluding hydrogens is 230 g/mol.